The summed E-state index contributed by atoms with van der Waals surface area (Å²) in [4.78, 5) is 27.8. The van der Waals surface area contributed by atoms with E-state index < -0.39 is 11.5 Å². The van der Waals surface area contributed by atoms with Gasteiger partial charge in [0, 0.05) is 13.0 Å². The summed E-state index contributed by atoms with van der Waals surface area (Å²) < 4.78 is 5.01. The highest BCUT2D eigenvalue weighted by Crippen LogP contribution is 2.41. The van der Waals surface area contributed by atoms with Crippen LogP contribution in [0.1, 0.15) is 46.8 Å². The minimum Gasteiger partial charge on any atom is -0.481 e. The Morgan fingerprint density at radius 2 is 2.30 bits per heavy atom. The number of nitrogens with zero attached hydrogens (tertiary/aromatic N) is 1. The van der Waals surface area contributed by atoms with Crippen LogP contribution in [0.15, 0.2) is 6.20 Å². The maximum absolute atomic E-state index is 12.2. The minimum atomic E-state index is -0.979. The van der Waals surface area contributed by atoms with Gasteiger partial charge in [0.2, 0.25) is 0 Å². The number of carboxylic acid groups (broad SMARTS) is 1. The number of amides is 1. The Balaban J connectivity index is 2.04. The first-order chi connectivity index (χ1) is 9.43. The average Bonchev–Trinajstić information content (AvgIpc) is 3.05. The summed E-state index contributed by atoms with van der Waals surface area (Å²) in [5.74, 6) is -0.769. The molecular weight excluding hydrogens is 280 g/mol. The fraction of sp³-hybridized carbons (Fsp3) is 0.615. The van der Waals surface area contributed by atoms with Crippen molar-refractivity contribution < 1.29 is 19.4 Å². The van der Waals surface area contributed by atoms with E-state index in [0.29, 0.717) is 10.8 Å². The van der Waals surface area contributed by atoms with Gasteiger partial charge in [-0.15, -0.1) is 11.3 Å². The molecule has 1 amide bonds. The van der Waals surface area contributed by atoms with E-state index in [4.69, 9.17) is 9.84 Å². The zero-order valence-electron chi connectivity index (χ0n) is 11.5. The highest BCUT2D eigenvalue weighted by molar-refractivity contribution is 7.13. The number of carboxylic acids is 1. The maximum atomic E-state index is 12.2. The Bertz CT molecular complexity index is 512. The molecule has 1 aromatic heterocycles. The molecule has 2 N–H and O–H groups in total. The SMILES string of the molecule is COC[C@](C)(CC(=O)O)NC(=O)c1cnc(C2CC2)s1. The van der Waals surface area contributed by atoms with E-state index in [-0.39, 0.29) is 18.9 Å². The molecular formula is C13H18N2O4S. The highest BCUT2D eigenvalue weighted by atomic mass is 32.1. The summed E-state index contributed by atoms with van der Waals surface area (Å²) in [6.07, 6.45) is 3.63. The smallest absolute Gasteiger partial charge is 0.305 e. The lowest BCUT2D eigenvalue weighted by molar-refractivity contribution is -0.139. The van der Waals surface area contributed by atoms with E-state index >= 15 is 0 Å². The van der Waals surface area contributed by atoms with E-state index in [0.717, 1.165) is 17.8 Å². The number of carbonyl (C=O) groups excluding carboxylic acids is 1. The van der Waals surface area contributed by atoms with Crippen molar-refractivity contribution in [2.24, 2.45) is 0 Å². The predicted octanol–water partition coefficient (Wildman–Crippen LogP) is 1.63. The molecule has 0 saturated heterocycles. The topological polar surface area (TPSA) is 88.5 Å². The van der Waals surface area contributed by atoms with Crippen LogP contribution in [0, 0.1) is 0 Å². The van der Waals surface area contributed by atoms with Gasteiger partial charge in [-0.05, 0) is 19.8 Å². The van der Waals surface area contributed by atoms with Crippen LogP contribution < -0.4 is 5.32 Å². The fourth-order valence-corrected chi connectivity index (χ4v) is 3.01. The van der Waals surface area contributed by atoms with Gasteiger partial charge in [0.05, 0.1) is 29.8 Å². The van der Waals surface area contributed by atoms with Crippen LogP contribution in [0.5, 0.6) is 0 Å². The second-order valence-corrected chi connectivity index (χ2v) is 6.42. The van der Waals surface area contributed by atoms with Gasteiger partial charge in [-0.3, -0.25) is 9.59 Å². The molecule has 110 valence electrons. The summed E-state index contributed by atoms with van der Waals surface area (Å²) in [5.41, 5.74) is -0.929. The molecule has 0 aromatic carbocycles. The molecule has 0 aliphatic heterocycles. The van der Waals surface area contributed by atoms with Gasteiger partial charge in [0.15, 0.2) is 0 Å². The number of nitrogens with one attached hydrogen (secondary N) is 1. The predicted molar refractivity (Wildman–Crippen MR) is 74.1 cm³/mol. The van der Waals surface area contributed by atoms with Crippen LogP contribution in [0.3, 0.4) is 0 Å². The van der Waals surface area contributed by atoms with Crippen molar-refractivity contribution in [1.29, 1.82) is 0 Å². The standard InChI is InChI=1S/C13H18N2O4S/c1-13(7-19-2,5-10(16)17)15-11(18)9-6-14-12(20-9)8-3-4-8/h6,8H,3-5,7H2,1-2H3,(H,15,18)(H,16,17)/t13-/m0/s1. The molecule has 1 atom stereocenters. The Hall–Kier alpha value is -1.47. The summed E-state index contributed by atoms with van der Waals surface area (Å²) >= 11 is 1.38. The molecule has 0 unspecified atom stereocenters. The van der Waals surface area contributed by atoms with Crippen molar-refractivity contribution in [3.05, 3.63) is 16.1 Å². The van der Waals surface area contributed by atoms with Gasteiger partial charge in [-0.25, -0.2) is 4.98 Å². The van der Waals surface area contributed by atoms with Gasteiger partial charge >= 0.3 is 5.97 Å². The Kier molecular flexibility index (Phi) is 4.39. The number of ether oxygens (including phenoxy) is 1. The molecule has 1 saturated carbocycles. The lowest BCUT2D eigenvalue weighted by atomic mass is 9.99. The lowest BCUT2D eigenvalue weighted by Gasteiger charge is -2.28. The second kappa shape index (κ2) is 5.88. The van der Waals surface area contributed by atoms with E-state index in [1.54, 1.807) is 13.1 Å². The van der Waals surface area contributed by atoms with Crippen LogP contribution in [-0.4, -0.2) is 41.2 Å². The largest absolute Gasteiger partial charge is 0.481 e. The van der Waals surface area contributed by atoms with Crippen molar-refractivity contribution in [2.75, 3.05) is 13.7 Å². The van der Waals surface area contributed by atoms with Crippen LogP contribution in [-0.2, 0) is 9.53 Å². The lowest BCUT2D eigenvalue weighted by Crippen LogP contribution is -2.50. The number of methoxy groups -OCH3 is 1. The van der Waals surface area contributed by atoms with Crippen molar-refractivity contribution in [1.82, 2.24) is 10.3 Å². The van der Waals surface area contributed by atoms with Gasteiger partial charge in [0.1, 0.15) is 4.88 Å². The molecule has 7 heteroatoms. The van der Waals surface area contributed by atoms with Crippen molar-refractivity contribution in [2.45, 2.75) is 37.6 Å². The zero-order chi connectivity index (χ0) is 14.8. The Morgan fingerprint density at radius 1 is 1.60 bits per heavy atom. The van der Waals surface area contributed by atoms with E-state index in [1.165, 1.54) is 18.4 Å². The fourth-order valence-electron chi connectivity index (χ4n) is 2.03. The Morgan fingerprint density at radius 3 is 2.85 bits per heavy atom. The van der Waals surface area contributed by atoms with Crippen LogP contribution in [0.25, 0.3) is 0 Å². The molecule has 1 aliphatic carbocycles. The zero-order valence-corrected chi connectivity index (χ0v) is 12.3. The quantitative estimate of drug-likeness (QED) is 0.798. The van der Waals surface area contributed by atoms with Crippen LogP contribution >= 0.6 is 11.3 Å². The summed E-state index contributed by atoms with van der Waals surface area (Å²) in [6, 6.07) is 0. The van der Waals surface area contributed by atoms with Crippen molar-refractivity contribution in [3.63, 3.8) is 0 Å². The van der Waals surface area contributed by atoms with Gasteiger partial charge in [-0.2, -0.15) is 0 Å². The number of carbonyl (C=O) groups is 2. The number of hydrogen-bond donors (Lipinski definition) is 2. The molecule has 1 heterocycles. The molecule has 6 nitrogen and oxygen atoms in total. The molecule has 1 aromatic rings. The normalized spacial score (nSPS) is 17.5. The molecule has 2 rings (SSSR count). The molecule has 0 bridgehead atoms. The Labute approximate surface area is 121 Å². The molecule has 20 heavy (non-hydrogen) atoms. The first-order valence-electron chi connectivity index (χ1n) is 6.42. The summed E-state index contributed by atoms with van der Waals surface area (Å²) in [7, 11) is 1.48. The number of aliphatic carboxylic acids is 1. The number of rotatable bonds is 7. The summed E-state index contributed by atoms with van der Waals surface area (Å²) in [6.45, 7) is 1.80. The van der Waals surface area contributed by atoms with E-state index in [9.17, 15) is 9.59 Å². The van der Waals surface area contributed by atoms with Crippen LogP contribution in [0.4, 0.5) is 0 Å². The average molecular weight is 298 g/mol. The third-order valence-corrected chi connectivity index (χ3v) is 4.25. The third-order valence-electron chi connectivity index (χ3n) is 3.09. The second-order valence-electron chi connectivity index (χ2n) is 5.36. The number of thiazole rings is 1. The molecule has 1 fully saturated rings. The maximum Gasteiger partial charge on any atom is 0.305 e. The van der Waals surface area contributed by atoms with Crippen molar-refractivity contribution >= 4 is 23.2 Å². The first kappa shape index (κ1) is 14.9. The molecule has 0 radical (unpaired) electrons. The molecule has 1 aliphatic rings. The van der Waals surface area contributed by atoms with E-state index in [2.05, 4.69) is 10.3 Å². The third kappa shape index (κ3) is 3.77. The van der Waals surface area contributed by atoms with Gasteiger partial charge in [-0.1, -0.05) is 0 Å². The number of hydrogen-bond acceptors (Lipinski definition) is 5. The van der Waals surface area contributed by atoms with Crippen LogP contribution in [0.2, 0.25) is 0 Å². The minimum absolute atomic E-state index is 0.138. The summed E-state index contributed by atoms with van der Waals surface area (Å²) in [5, 5.41) is 12.7. The van der Waals surface area contributed by atoms with Gasteiger partial charge < -0.3 is 15.2 Å². The van der Waals surface area contributed by atoms with Gasteiger partial charge in [0.25, 0.3) is 5.91 Å². The first-order valence-corrected chi connectivity index (χ1v) is 7.24. The van der Waals surface area contributed by atoms with E-state index in [1.807, 2.05) is 0 Å². The number of aromatic nitrogens is 1. The molecule has 0 spiro atoms. The monoisotopic (exact) mass is 298 g/mol. The highest BCUT2D eigenvalue weighted by Gasteiger charge is 2.32. The van der Waals surface area contributed by atoms with Crippen molar-refractivity contribution in [3.8, 4) is 0 Å².